The van der Waals surface area contributed by atoms with Crippen LogP contribution in [0.4, 0.5) is 4.39 Å². The quantitative estimate of drug-likeness (QED) is 0.139. The van der Waals surface area contributed by atoms with Crippen molar-refractivity contribution in [1.82, 2.24) is 0 Å². The molecule has 3 aromatic carbocycles. The Bertz CT molecular complexity index is 1070. The van der Waals surface area contributed by atoms with Gasteiger partial charge in [-0.15, -0.1) is 0 Å². The Hall–Kier alpha value is -3.07. The average Bonchev–Trinajstić information content (AvgIpc) is 2.86. The summed E-state index contributed by atoms with van der Waals surface area (Å²) in [4.78, 5) is 0. The van der Waals surface area contributed by atoms with E-state index in [2.05, 4.69) is 54.4 Å². The number of benzene rings is 3. The lowest BCUT2D eigenvalue weighted by molar-refractivity contribution is 0.631. The van der Waals surface area contributed by atoms with Gasteiger partial charge in [0.25, 0.3) is 0 Å². The Morgan fingerprint density at radius 2 is 1.41 bits per heavy atom. The van der Waals surface area contributed by atoms with E-state index in [0.717, 1.165) is 24.0 Å². The van der Waals surface area contributed by atoms with Crippen LogP contribution in [0.3, 0.4) is 0 Å². The molecule has 0 heterocycles. The van der Waals surface area contributed by atoms with E-state index in [-0.39, 0.29) is 5.82 Å². The van der Waals surface area contributed by atoms with Gasteiger partial charge in [0.2, 0.25) is 0 Å². The van der Waals surface area contributed by atoms with Crippen LogP contribution in [-0.2, 0) is 12.8 Å². The lowest BCUT2D eigenvalue weighted by atomic mass is 10.00. The topological polar surface area (TPSA) is 24.7 Å². The van der Waals surface area contributed by atoms with Crippen LogP contribution in [0, 0.1) is 5.82 Å². The summed E-state index contributed by atoms with van der Waals surface area (Å²) >= 11 is 0. The van der Waals surface area contributed by atoms with Crippen LogP contribution in [0.5, 0.6) is 0 Å². The van der Waals surface area contributed by atoms with Crippen LogP contribution in [0.25, 0.3) is 11.1 Å². The lowest BCUT2D eigenvalue weighted by Gasteiger charge is -2.06. The van der Waals surface area contributed by atoms with Crippen molar-refractivity contribution in [2.24, 2.45) is 10.2 Å². The largest absolute Gasteiger partial charge is 0.206 e. The van der Waals surface area contributed by atoms with Gasteiger partial charge in [-0.2, -0.15) is 10.2 Å². The number of hydrogen-bond acceptors (Lipinski definition) is 2. The fraction of sp³-hybridized carbons (Fsp3) is 0.355. The van der Waals surface area contributed by atoms with Gasteiger partial charge in [0.1, 0.15) is 5.82 Å². The summed E-state index contributed by atoms with van der Waals surface area (Å²) in [6, 6.07) is 21.8. The fourth-order valence-corrected chi connectivity index (χ4v) is 4.10. The van der Waals surface area contributed by atoms with E-state index in [9.17, 15) is 4.39 Å². The zero-order chi connectivity index (χ0) is 24.0. The van der Waals surface area contributed by atoms with E-state index in [1.807, 2.05) is 30.3 Å². The van der Waals surface area contributed by atoms with Gasteiger partial charge in [-0.05, 0) is 59.6 Å². The van der Waals surface area contributed by atoms with Crippen LogP contribution in [-0.4, -0.2) is 12.4 Å². The maximum absolute atomic E-state index is 14.8. The summed E-state index contributed by atoms with van der Waals surface area (Å²) in [6.07, 6.45) is 14.2. The molecule has 3 rings (SSSR count). The minimum Gasteiger partial charge on any atom is -0.206 e. The third-order valence-corrected chi connectivity index (χ3v) is 6.15. The van der Waals surface area contributed by atoms with Crippen molar-refractivity contribution in [3.8, 4) is 11.1 Å². The van der Waals surface area contributed by atoms with Crippen LogP contribution in [0.1, 0.15) is 81.0 Å². The summed E-state index contributed by atoms with van der Waals surface area (Å²) in [7, 11) is 0. The van der Waals surface area contributed by atoms with E-state index in [4.69, 9.17) is 0 Å². The highest BCUT2D eigenvalue weighted by atomic mass is 19.1. The third-order valence-electron chi connectivity index (χ3n) is 6.15. The molecule has 0 amide bonds. The third kappa shape index (κ3) is 8.06. The van der Waals surface area contributed by atoms with E-state index in [1.165, 1.54) is 62.1 Å². The highest BCUT2D eigenvalue weighted by Crippen LogP contribution is 2.24. The SMILES string of the molecule is CCCCCCc1ccccc1C=NN=Cc1ccc(-c2ccc(CCCCC)cc2)c(F)c1. The zero-order valence-electron chi connectivity index (χ0n) is 20.6. The Morgan fingerprint density at radius 1 is 0.706 bits per heavy atom. The molecule has 0 radical (unpaired) electrons. The van der Waals surface area contributed by atoms with Crippen molar-refractivity contribution in [3.05, 3.63) is 94.8 Å². The first kappa shape index (κ1) is 25.6. The molecular weight excluding hydrogens is 419 g/mol. The first-order valence-electron chi connectivity index (χ1n) is 12.7. The van der Waals surface area contributed by atoms with Gasteiger partial charge < -0.3 is 0 Å². The normalized spacial score (nSPS) is 11.6. The van der Waals surface area contributed by atoms with Crippen molar-refractivity contribution in [1.29, 1.82) is 0 Å². The zero-order valence-corrected chi connectivity index (χ0v) is 20.6. The monoisotopic (exact) mass is 456 g/mol. The molecule has 0 N–H and O–H groups in total. The molecular formula is C31H37FN2. The van der Waals surface area contributed by atoms with Crippen LogP contribution >= 0.6 is 0 Å². The lowest BCUT2D eigenvalue weighted by Crippen LogP contribution is -1.93. The number of hydrogen-bond donors (Lipinski definition) is 0. The first-order valence-corrected chi connectivity index (χ1v) is 12.7. The molecule has 0 unspecified atom stereocenters. The minimum absolute atomic E-state index is 0.246. The average molecular weight is 457 g/mol. The summed E-state index contributed by atoms with van der Waals surface area (Å²) in [5, 5.41) is 8.37. The molecule has 0 saturated carbocycles. The molecule has 34 heavy (non-hydrogen) atoms. The molecule has 2 nitrogen and oxygen atoms in total. The second kappa shape index (κ2) is 14.2. The number of halogens is 1. The Kier molecular flexibility index (Phi) is 10.7. The van der Waals surface area contributed by atoms with Gasteiger partial charge in [-0.3, -0.25) is 0 Å². The second-order valence-corrected chi connectivity index (χ2v) is 8.89. The van der Waals surface area contributed by atoms with E-state index >= 15 is 0 Å². The van der Waals surface area contributed by atoms with E-state index < -0.39 is 0 Å². The van der Waals surface area contributed by atoms with Gasteiger partial charge >= 0.3 is 0 Å². The standard InChI is InChI=1S/C31H37FN2/c1-3-5-7-9-13-27-14-10-11-15-29(27)24-34-33-23-26-18-21-30(31(32)22-26)28-19-16-25(17-20-28)12-8-6-4-2/h10-11,14-24H,3-9,12-13H2,1-2H3. The molecule has 0 atom stereocenters. The molecule has 0 bridgehead atoms. The molecule has 0 saturated heterocycles. The molecule has 0 aliphatic heterocycles. The number of nitrogens with zero attached hydrogens (tertiary/aromatic N) is 2. The molecule has 0 aromatic heterocycles. The summed E-state index contributed by atoms with van der Waals surface area (Å²) in [5.41, 5.74) is 5.90. The highest BCUT2D eigenvalue weighted by molar-refractivity contribution is 5.84. The van der Waals surface area contributed by atoms with Crippen molar-refractivity contribution in [3.63, 3.8) is 0 Å². The fourth-order valence-electron chi connectivity index (χ4n) is 4.10. The highest BCUT2D eigenvalue weighted by Gasteiger charge is 2.06. The minimum atomic E-state index is -0.246. The van der Waals surface area contributed by atoms with Crippen molar-refractivity contribution in [2.45, 2.75) is 71.6 Å². The van der Waals surface area contributed by atoms with Gasteiger partial charge in [0.15, 0.2) is 0 Å². The molecule has 3 heteroatoms. The molecule has 3 aromatic rings. The summed E-state index contributed by atoms with van der Waals surface area (Å²) in [5.74, 6) is -0.246. The smallest absolute Gasteiger partial charge is 0.131 e. The van der Waals surface area contributed by atoms with Crippen molar-refractivity contribution >= 4 is 12.4 Å². The number of unbranched alkanes of at least 4 members (excludes halogenated alkanes) is 5. The van der Waals surface area contributed by atoms with Crippen molar-refractivity contribution < 1.29 is 4.39 Å². The Labute approximate surface area is 204 Å². The van der Waals surface area contributed by atoms with E-state index in [1.54, 1.807) is 12.4 Å². The molecule has 0 spiro atoms. The summed E-state index contributed by atoms with van der Waals surface area (Å²) < 4.78 is 14.8. The molecule has 0 aliphatic rings. The Morgan fingerprint density at radius 3 is 2.18 bits per heavy atom. The maximum atomic E-state index is 14.8. The second-order valence-electron chi connectivity index (χ2n) is 8.89. The number of rotatable bonds is 13. The molecule has 178 valence electrons. The van der Waals surface area contributed by atoms with Gasteiger partial charge in [0, 0.05) is 5.56 Å². The van der Waals surface area contributed by atoms with Crippen LogP contribution in [0.2, 0.25) is 0 Å². The van der Waals surface area contributed by atoms with Crippen molar-refractivity contribution in [2.75, 3.05) is 0 Å². The first-order chi connectivity index (χ1) is 16.7. The van der Waals surface area contributed by atoms with Gasteiger partial charge in [-0.25, -0.2) is 4.39 Å². The Balaban J connectivity index is 1.60. The van der Waals surface area contributed by atoms with E-state index in [0.29, 0.717) is 11.1 Å². The predicted molar refractivity (Wildman–Crippen MR) is 145 cm³/mol. The summed E-state index contributed by atoms with van der Waals surface area (Å²) in [6.45, 7) is 4.44. The number of aryl methyl sites for hydroxylation is 2. The van der Waals surface area contributed by atoms with Crippen LogP contribution in [0.15, 0.2) is 76.9 Å². The van der Waals surface area contributed by atoms with Crippen LogP contribution < -0.4 is 0 Å². The molecule has 0 aliphatic carbocycles. The maximum Gasteiger partial charge on any atom is 0.131 e. The van der Waals surface area contributed by atoms with Gasteiger partial charge in [-0.1, -0.05) is 107 Å². The molecule has 0 fully saturated rings. The predicted octanol–water partition coefficient (Wildman–Crippen LogP) is 8.80. The van der Waals surface area contributed by atoms with Gasteiger partial charge in [0.05, 0.1) is 12.4 Å².